The lowest BCUT2D eigenvalue weighted by atomic mass is 9.83. The number of rotatable bonds is 14. The van der Waals surface area contributed by atoms with Crippen LogP contribution >= 0.6 is 0 Å². The Morgan fingerprint density at radius 3 is 2.14 bits per heavy atom. The van der Waals surface area contributed by atoms with Gasteiger partial charge >= 0.3 is 12.0 Å². The van der Waals surface area contributed by atoms with Gasteiger partial charge in [-0.2, -0.15) is 0 Å². The van der Waals surface area contributed by atoms with Crippen LogP contribution in [0.2, 0.25) is 0 Å². The Hall–Kier alpha value is -3.44. The van der Waals surface area contributed by atoms with Gasteiger partial charge in [0.1, 0.15) is 23.7 Å². The van der Waals surface area contributed by atoms with Gasteiger partial charge in [-0.3, -0.25) is 19.2 Å². The first kappa shape index (κ1) is 40.0. The van der Waals surface area contributed by atoms with Crippen LogP contribution in [0.4, 0.5) is 4.79 Å². The van der Waals surface area contributed by atoms with Crippen molar-refractivity contribution in [3.63, 3.8) is 0 Å². The Balaban J connectivity index is 1.88. The Morgan fingerprint density at radius 2 is 1.59 bits per heavy atom. The van der Waals surface area contributed by atoms with Crippen molar-refractivity contribution in [2.75, 3.05) is 13.1 Å². The number of urea groups is 1. The minimum Gasteiger partial charge on any atom is -0.458 e. The molecule has 0 radical (unpaired) electrons. The molecular weight excluding hydrogens is 626 g/mol. The third kappa shape index (κ3) is 10.1. The Kier molecular flexibility index (Phi) is 13.1. The molecule has 3 aliphatic rings. The molecule has 1 unspecified atom stereocenters. The van der Waals surface area contributed by atoms with E-state index in [1.54, 1.807) is 25.7 Å². The number of hydrogen-bond donors (Lipinski definition) is 4. The summed E-state index contributed by atoms with van der Waals surface area (Å²) in [6.07, 6.45) is 7.49. The molecule has 0 spiro atoms. The van der Waals surface area contributed by atoms with E-state index in [0.717, 1.165) is 38.5 Å². The van der Waals surface area contributed by atoms with Crippen molar-refractivity contribution in [2.24, 2.45) is 28.6 Å². The molecular formula is C37H61N5O7. The maximum atomic E-state index is 14.6. The topological polar surface area (TPSA) is 163 Å². The number of fused-ring (bicyclic) bond motifs is 1. The number of likely N-dealkylation sites (tertiary alicyclic amines) is 1. The fourth-order valence-electron chi connectivity index (χ4n) is 7.49. The predicted octanol–water partition coefficient (Wildman–Crippen LogP) is 4.02. The fourth-order valence-corrected chi connectivity index (χ4v) is 7.49. The van der Waals surface area contributed by atoms with E-state index in [-0.39, 0.29) is 35.6 Å². The van der Waals surface area contributed by atoms with E-state index in [1.165, 1.54) is 6.08 Å². The Morgan fingerprint density at radius 1 is 0.959 bits per heavy atom. The van der Waals surface area contributed by atoms with Gasteiger partial charge in [-0.1, -0.05) is 79.7 Å². The minimum atomic E-state index is -1.03. The Labute approximate surface area is 292 Å². The second kappa shape index (κ2) is 16.1. The first-order valence-corrected chi connectivity index (χ1v) is 18.1. The van der Waals surface area contributed by atoms with Gasteiger partial charge in [-0.15, -0.1) is 6.58 Å². The molecule has 0 aromatic rings. The van der Waals surface area contributed by atoms with Crippen LogP contribution in [0.25, 0.3) is 0 Å². The van der Waals surface area contributed by atoms with Crippen molar-refractivity contribution in [2.45, 2.75) is 143 Å². The van der Waals surface area contributed by atoms with Gasteiger partial charge in [0.2, 0.25) is 17.6 Å². The van der Waals surface area contributed by atoms with Crippen molar-refractivity contribution in [3.05, 3.63) is 12.7 Å². The highest BCUT2D eigenvalue weighted by Crippen LogP contribution is 2.65. The van der Waals surface area contributed by atoms with Gasteiger partial charge < -0.3 is 30.9 Å². The summed E-state index contributed by atoms with van der Waals surface area (Å²) < 4.78 is 5.61. The molecule has 0 aromatic heterocycles. The zero-order valence-electron chi connectivity index (χ0n) is 31.2. The third-order valence-electron chi connectivity index (χ3n) is 10.3. The van der Waals surface area contributed by atoms with Crippen LogP contribution in [0.1, 0.15) is 114 Å². The molecule has 12 nitrogen and oxygen atoms in total. The number of Topliss-reactive ketones (excluding diaryl/α,β-unsaturated/α-hetero) is 1. The minimum absolute atomic E-state index is 0.0751. The molecule has 2 saturated carbocycles. The molecule has 276 valence electrons. The van der Waals surface area contributed by atoms with Crippen LogP contribution in [0.3, 0.4) is 0 Å². The predicted molar refractivity (Wildman–Crippen MR) is 187 cm³/mol. The molecule has 49 heavy (non-hydrogen) atoms. The van der Waals surface area contributed by atoms with E-state index in [9.17, 15) is 28.8 Å². The van der Waals surface area contributed by atoms with Gasteiger partial charge in [-0.05, 0) is 68.6 Å². The van der Waals surface area contributed by atoms with Crippen molar-refractivity contribution in [1.82, 2.24) is 26.2 Å². The number of esters is 1. The summed E-state index contributed by atoms with van der Waals surface area (Å²) in [6, 6.07) is -4.45. The van der Waals surface area contributed by atoms with Crippen LogP contribution in [0.15, 0.2) is 12.7 Å². The van der Waals surface area contributed by atoms with Gasteiger partial charge in [-0.25, -0.2) is 9.59 Å². The molecule has 1 aliphatic heterocycles. The molecule has 6 atom stereocenters. The molecule has 0 aromatic carbocycles. The lowest BCUT2D eigenvalue weighted by Gasteiger charge is -2.38. The molecule has 3 rings (SSSR count). The summed E-state index contributed by atoms with van der Waals surface area (Å²) in [6.45, 7) is 20.9. The number of amides is 5. The average Bonchev–Trinajstić information content (AvgIpc) is 3.32. The van der Waals surface area contributed by atoms with Crippen LogP contribution in [0.5, 0.6) is 0 Å². The normalized spacial score (nSPS) is 23.6. The van der Waals surface area contributed by atoms with E-state index in [4.69, 9.17) is 4.74 Å². The van der Waals surface area contributed by atoms with Crippen molar-refractivity contribution in [3.8, 4) is 0 Å². The number of ether oxygens (including phenoxy) is 1. The van der Waals surface area contributed by atoms with Gasteiger partial charge in [0.05, 0.1) is 6.04 Å². The molecule has 4 N–H and O–H groups in total. The Bertz CT molecular complexity index is 1260. The summed E-state index contributed by atoms with van der Waals surface area (Å²) in [7, 11) is 0. The molecule has 12 heteroatoms. The van der Waals surface area contributed by atoms with Gasteiger partial charge in [0.25, 0.3) is 5.91 Å². The summed E-state index contributed by atoms with van der Waals surface area (Å²) in [5, 5.41) is 11.0. The maximum Gasteiger partial charge on any atom is 0.329 e. The van der Waals surface area contributed by atoms with Gasteiger partial charge in [0.15, 0.2) is 0 Å². The fraction of sp³-hybridized carbons (Fsp3) is 0.784. The standard InChI is InChI=1S/C37H61N5O7/c1-11-13-19-24(28(43)31(45)38-20-12-2)39-30(44)27-25-23(37(25,9)10)21-42(27)32(46)26(22-17-15-14-16-18-22)40-34(48)41-29(35(3,4)5)33(47)49-36(6,7)8/h12,22-27,29H,2,11,13-21H2,1,3-10H3,(H,38,45)(H,39,44)(H2,40,41,48)/t23-,24?,25-,26-,27-,29+/m0/s1. The highest BCUT2D eigenvalue weighted by Gasteiger charge is 2.69. The van der Waals surface area contributed by atoms with E-state index in [2.05, 4.69) is 41.7 Å². The summed E-state index contributed by atoms with van der Waals surface area (Å²) in [5.41, 5.74) is -1.63. The van der Waals surface area contributed by atoms with E-state index in [0.29, 0.717) is 19.4 Å². The SMILES string of the molecule is C=CCNC(=O)C(=O)C(CCCC)NC(=O)[C@@H]1[C@@H]2[C@H](CN1C(=O)[C@@H](NC(=O)N[C@H](C(=O)OC(C)(C)C)C(C)(C)C)C1CCCCC1)C2(C)C. The number of nitrogens with zero attached hydrogens (tertiary/aromatic N) is 1. The zero-order chi connectivity index (χ0) is 36.9. The monoisotopic (exact) mass is 687 g/mol. The second-order valence-electron chi connectivity index (χ2n) is 16.8. The van der Waals surface area contributed by atoms with Crippen LogP contribution < -0.4 is 21.3 Å². The maximum absolute atomic E-state index is 14.6. The summed E-state index contributed by atoms with van der Waals surface area (Å²) >= 11 is 0. The number of carbonyl (C=O) groups excluding carboxylic acids is 6. The van der Waals surface area contributed by atoms with Crippen molar-refractivity contribution >= 4 is 35.5 Å². The van der Waals surface area contributed by atoms with E-state index < -0.39 is 64.8 Å². The highest BCUT2D eigenvalue weighted by molar-refractivity contribution is 6.38. The lowest BCUT2D eigenvalue weighted by molar-refractivity contribution is -0.160. The van der Waals surface area contributed by atoms with Crippen molar-refractivity contribution in [1.29, 1.82) is 0 Å². The summed E-state index contributed by atoms with van der Waals surface area (Å²) in [5.74, 6) is -3.13. The van der Waals surface area contributed by atoms with E-state index >= 15 is 0 Å². The van der Waals surface area contributed by atoms with Crippen LogP contribution in [-0.2, 0) is 28.7 Å². The highest BCUT2D eigenvalue weighted by atomic mass is 16.6. The molecule has 1 heterocycles. The number of carbonyl (C=O) groups is 6. The first-order chi connectivity index (χ1) is 22.7. The second-order valence-corrected chi connectivity index (χ2v) is 16.8. The molecule has 0 bridgehead atoms. The zero-order valence-corrected chi connectivity index (χ0v) is 31.2. The largest absolute Gasteiger partial charge is 0.458 e. The molecule has 2 aliphatic carbocycles. The average molecular weight is 688 g/mol. The number of hydrogen-bond acceptors (Lipinski definition) is 7. The van der Waals surface area contributed by atoms with Crippen molar-refractivity contribution < 1.29 is 33.5 Å². The quantitative estimate of drug-likeness (QED) is 0.122. The van der Waals surface area contributed by atoms with Gasteiger partial charge in [0, 0.05) is 13.1 Å². The first-order valence-electron chi connectivity index (χ1n) is 18.1. The summed E-state index contributed by atoms with van der Waals surface area (Å²) in [4.78, 5) is 82.7. The number of piperidine rings is 1. The molecule has 1 saturated heterocycles. The lowest BCUT2D eigenvalue weighted by Crippen LogP contribution is -2.62. The molecule has 3 fully saturated rings. The smallest absolute Gasteiger partial charge is 0.329 e. The number of ketones is 1. The number of nitrogens with one attached hydrogen (secondary N) is 4. The third-order valence-corrected chi connectivity index (χ3v) is 10.3. The number of unbranched alkanes of at least 4 members (excludes halogenated alkanes) is 1. The van der Waals surface area contributed by atoms with Crippen LogP contribution in [-0.4, -0.2) is 83.3 Å². The molecule has 5 amide bonds. The van der Waals surface area contributed by atoms with Crippen LogP contribution in [0, 0.1) is 28.6 Å². The van der Waals surface area contributed by atoms with E-state index in [1.807, 2.05) is 27.7 Å².